The van der Waals surface area contributed by atoms with Crippen molar-refractivity contribution >= 4 is 11.9 Å². The van der Waals surface area contributed by atoms with Crippen LogP contribution in [0.3, 0.4) is 0 Å². The van der Waals surface area contributed by atoms with E-state index < -0.39 is 12.0 Å². The topological polar surface area (TPSA) is 95.6 Å². The normalized spacial score (nSPS) is 19.6. The number of rotatable bonds is 5. The fraction of sp³-hybridized carbons (Fsp3) is 0.750. The van der Waals surface area contributed by atoms with E-state index in [0.717, 1.165) is 6.54 Å². The maximum Gasteiger partial charge on any atom is 0.386 e. The molecule has 0 saturated carbocycles. The van der Waals surface area contributed by atoms with Crippen LogP contribution in [-0.4, -0.2) is 69.0 Å². The molecule has 2 N–H and O–H groups in total. The van der Waals surface area contributed by atoms with Crippen molar-refractivity contribution in [1.82, 2.24) is 10.8 Å². The molecule has 2 unspecified atom stereocenters. The fourth-order valence-corrected chi connectivity index (χ4v) is 1.64. The van der Waals surface area contributed by atoms with Crippen LogP contribution in [0, 0.1) is 11.3 Å². The zero-order valence-electron chi connectivity index (χ0n) is 12.0. The van der Waals surface area contributed by atoms with E-state index in [-0.39, 0.29) is 12.7 Å². The molecular formula is C12H21N4O4+. The zero-order chi connectivity index (χ0) is 15.0. The molecule has 1 aliphatic heterocycles. The summed E-state index contributed by atoms with van der Waals surface area (Å²) in [6, 6.07) is 0.606. The third-order valence-electron chi connectivity index (χ3n) is 2.58. The molecule has 2 atom stereocenters. The Hall–Kier alpha value is -1.69. The predicted molar refractivity (Wildman–Crippen MR) is 70.0 cm³/mol. The van der Waals surface area contributed by atoms with Gasteiger partial charge in [-0.25, -0.2) is 9.37 Å². The van der Waals surface area contributed by atoms with Gasteiger partial charge in [-0.15, -0.1) is 5.48 Å². The van der Waals surface area contributed by atoms with Gasteiger partial charge in [0.1, 0.15) is 14.1 Å². The second-order valence-corrected chi connectivity index (χ2v) is 4.33. The van der Waals surface area contributed by atoms with Crippen molar-refractivity contribution in [1.29, 1.82) is 5.26 Å². The Morgan fingerprint density at radius 3 is 2.90 bits per heavy atom. The molecule has 0 amide bonds. The molecule has 112 valence electrons. The molecular weight excluding hydrogens is 264 g/mol. The van der Waals surface area contributed by atoms with Gasteiger partial charge >= 0.3 is 11.9 Å². The van der Waals surface area contributed by atoms with Gasteiger partial charge in [0.2, 0.25) is 6.04 Å². The molecule has 8 nitrogen and oxygen atoms in total. The van der Waals surface area contributed by atoms with Crippen molar-refractivity contribution in [3.8, 4) is 6.07 Å². The lowest BCUT2D eigenvalue weighted by Gasteiger charge is -2.22. The lowest BCUT2D eigenvalue weighted by atomic mass is 10.3. The standard InChI is InChI=1S/C12H21N4O4/c1-4-18-12(17)9(7-13)15-20-11(16(2)3)10-8-14-5-6-19-10/h9-10,14-15H,4-6,8H2,1-3H3/q+1. The van der Waals surface area contributed by atoms with Crippen LogP contribution in [0.15, 0.2) is 0 Å². The van der Waals surface area contributed by atoms with E-state index in [1.54, 1.807) is 31.7 Å². The van der Waals surface area contributed by atoms with Crippen LogP contribution in [0.2, 0.25) is 0 Å². The minimum atomic E-state index is -1.18. The number of ether oxygens (including phenoxy) is 2. The quantitative estimate of drug-likeness (QED) is 0.211. The summed E-state index contributed by atoms with van der Waals surface area (Å²) in [5.74, 6) is -0.183. The van der Waals surface area contributed by atoms with Gasteiger partial charge in [0.05, 0.1) is 19.3 Å². The third-order valence-corrected chi connectivity index (χ3v) is 2.58. The molecule has 1 rings (SSSR count). The Kier molecular flexibility index (Phi) is 6.93. The number of hydroxylamine groups is 1. The molecule has 0 radical (unpaired) electrons. The Morgan fingerprint density at radius 1 is 1.65 bits per heavy atom. The molecule has 0 aromatic rings. The number of morpholine rings is 1. The van der Waals surface area contributed by atoms with Crippen molar-refractivity contribution in [2.45, 2.75) is 19.1 Å². The highest BCUT2D eigenvalue weighted by Crippen LogP contribution is 2.00. The summed E-state index contributed by atoms with van der Waals surface area (Å²) in [6.45, 7) is 3.84. The van der Waals surface area contributed by atoms with E-state index in [9.17, 15) is 4.79 Å². The molecule has 1 heterocycles. The summed E-state index contributed by atoms with van der Waals surface area (Å²) < 4.78 is 12.1. The van der Waals surface area contributed by atoms with Crippen molar-refractivity contribution in [2.75, 3.05) is 40.4 Å². The minimum Gasteiger partial charge on any atom is -0.464 e. The molecule has 1 fully saturated rings. The molecule has 1 saturated heterocycles. The fourth-order valence-electron chi connectivity index (χ4n) is 1.64. The first-order chi connectivity index (χ1) is 9.60. The first-order valence-electron chi connectivity index (χ1n) is 6.45. The Labute approximate surface area is 118 Å². The van der Waals surface area contributed by atoms with Crippen LogP contribution >= 0.6 is 0 Å². The van der Waals surface area contributed by atoms with Gasteiger partial charge in [-0.1, -0.05) is 0 Å². The average molecular weight is 285 g/mol. The van der Waals surface area contributed by atoms with Crippen LogP contribution in [0.4, 0.5) is 0 Å². The number of nitrogens with one attached hydrogen (secondary N) is 2. The first-order valence-corrected chi connectivity index (χ1v) is 6.45. The Balaban J connectivity index is 2.61. The Bertz CT molecular complexity index is 395. The number of nitrogens with zero attached hydrogens (tertiary/aromatic N) is 2. The van der Waals surface area contributed by atoms with Gasteiger partial charge in [0.15, 0.2) is 6.10 Å². The highest BCUT2D eigenvalue weighted by Gasteiger charge is 2.30. The number of carbonyl (C=O) groups is 1. The second kappa shape index (κ2) is 8.47. The summed E-state index contributed by atoms with van der Waals surface area (Å²) in [6.07, 6.45) is -0.271. The summed E-state index contributed by atoms with van der Waals surface area (Å²) in [5, 5.41) is 12.1. The van der Waals surface area contributed by atoms with Crippen LogP contribution < -0.4 is 10.8 Å². The molecule has 1 aliphatic rings. The monoisotopic (exact) mass is 285 g/mol. The predicted octanol–water partition coefficient (Wildman–Crippen LogP) is -1.38. The van der Waals surface area contributed by atoms with Crippen LogP contribution in [-0.2, 0) is 19.1 Å². The molecule has 0 aromatic heterocycles. The maximum absolute atomic E-state index is 11.5. The highest BCUT2D eigenvalue weighted by molar-refractivity contribution is 5.80. The lowest BCUT2D eigenvalue weighted by molar-refractivity contribution is -0.480. The minimum absolute atomic E-state index is 0.207. The molecule has 0 bridgehead atoms. The van der Waals surface area contributed by atoms with Crippen LogP contribution in [0.25, 0.3) is 0 Å². The average Bonchev–Trinajstić information content (AvgIpc) is 2.44. The number of nitriles is 1. The van der Waals surface area contributed by atoms with Gasteiger partial charge < -0.3 is 19.6 Å². The Morgan fingerprint density at radius 2 is 2.40 bits per heavy atom. The largest absolute Gasteiger partial charge is 0.464 e. The molecule has 0 aromatic carbocycles. The second-order valence-electron chi connectivity index (χ2n) is 4.33. The molecule has 0 aliphatic carbocycles. The van der Waals surface area contributed by atoms with Gasteiger partial charge in [0.25, 0.3) is 0 Å². The lowest BCUT2D eigenvalue weighted by Crippen LogP contribution is -2.49. The molecule has 0 spiro atoms. The van der Waals surface area contributed by atoms with Crippen LogP contribution in [0.1, 0.15) is 6.92 Å². The first kappa shape index (κ1) is 16.4. The van der Waals surface area contributed by atoms with E-state index in [1.165, 1.54) is 0 Å². The van der Waals surface area contributed by atoms with Gasteiger partial charge in [-0.3, -0.25) is 0 Å². The van der Waals surface area contributed by atoms with Crippen molar-refractivity contribution in [2.24, 2.45) is 0 Å². The highest BCUT2D eigenvalue weighted by atomic mass is 16.7. The number of esters is 1. The summed E-state index contributed by atoms with van der Waals surface area (Å²) >= 11 is 0. The van der Waals surface area contributed by atoms with E-state index in [2.05, 4.69) is 10.8 Å². The summed E-state index contributed by atoms with van der Waals surface area (Å²) in [5.41, 5.74) is 2.41. The number of carbonyl (C=O) groups excluding carboxylic acids is 1. The number of hydrogen-bond donors (Lipinski definition) is 2. The molecule has 8 heteroatoms. The van der Waals surface area contributed by atoms with Gasteiger partial charge in [0, 0.05) is 13.1 Å². The van der Waals surface area contributed by atoms with E-state index >= 15 is 0 Å². The SMILES string of the molecule is CCOC(=O)C(C#N)NOC(C1CNCCO1)=[N+](C)C. The smallest absolute Gasteiger partial charge is 0.386 e. The summed E-state index contributed by atoms with van der Waals surface area (Å²) in [7, 11) is 3.58. The third kappa shape index (κ3) is 4.77. The van der Waals surface area contributed by atoms with Crippen molar-refractivity contribution < 1.29 is 23.7 Å². The summed E-state index contributed by atoms with van der Waals surface area (Å²) in [4.78, 5) is 16.8. The van der Waals surface area contributed by atoms with E-state index in [0.29, 0.717) is 19.0 Å². The van der Waals surface area contributed by atoms with Crippen molar-refractivity contribution in [3.63, 3.8) is 0 Å². The zero-order valence-corrected chi connectivity index (χ0v) is 12.0. The van der Waals surface area contributed by atoms with E-state index in [1.807, 2.05) is 0 Å². The maximum atomic E-state index is 11.5. The van der Waals surface area contributed by atoms with Crippen LogP contribution in [0.5, 0.6) is 0 Å². The van der Waals surface area contributed by atoms with Gasteiger partial charge in [-0.2, -0.15) is 5.26 Å². The van der Waals surface area contributed by atoms with Gasteiger partial charge in [-0.05, 0) is 6.92 Å². The molecule has 20 heavy (non-hydrogen) atoms. The van der Waals surface area contributed by atoms with E-state index in [4.69, 9.17) is 19.6 Å². The van der Waals surface area contributed by atoms with Crippen molar-refractivity contribution in [3.05, 3.63) is 0 Å². The number of hydrogen-bond acceptors (Lipinski definition) is 7.